The SMILES string of the molecule is Cc1nc(NCc2ccccc2)sc1C(=O)[O-]. The molecule has 0 saturated carbocycles. The minimum absolute atomic E-state index is 0.181. The number of carbonyl (C=O) groups excluding carboxylic acids is 1. The Hall–Kier alpha value is -1.88. The van der Waals surface area contributed by atoms with Crippen LogP contribution in [0.2, 0.25) is 0 Å². The average molecular weight is 247 g/mol. The fraction of sp³-hybridized carbons (Fsp3) is 0.167. The molecule has 1 aromatic heterocycles. The average Bonchev–Trinajstić information content (AvgIpc) is 2.69. The van der Waals surface area contributed by atoms with Gasteiger partial charge in [-0.3, -0.25) is 0 Å². The molecule has 2 aromatic rings. The standard InChI is InChI=1S/C12H12N2O2S/c1-8-10(11(15)16)17-12(14-8)13-7-9-5-3-2-4-6-9/h2-6H,7H2,1H3,(H,13,14)(H,15,16)/p-1. The summed E-state index contributed by atoms with van der Waals surface area (Å²) in [5.41, 5.74) is 1.61. The fourth-order valence-corrected chi connectivity index (χ4v) is 2.23. The summed E-state index contributed by atoms with van der Waals surface area (Å²) in [5, 5.41) is 14.4. The summed E-state index contributed by atoms with van der Waals surface area (Å²) >= 11 is 1.10. The molecule has 0 aliphatic rings. The van der Waals surface area contributed by atoms with Crippen LogP contribution in [0.15, 0.2) is 30.3 Å². The highest BCUT2D eigenvalue weighted by Crippen LogP contribution is 2.22. The first-order valence-corrected chi connectivity index (χ1v) is 5.95. The van der Waals surface area contributed by atoms with Crippen molar-refractivity contribution < 1.29 is 9.90 Å². The Bertz CT molecular complexity index is 523. The van der Waals surface area contributed by atoms with Crippen molar-refractivity contribution in [1.82, 2.24) is 4.98 Å². The number of benzene rings is 1. The monoisotopic (exact) mass is 247 g/mol. The van der Waals surface area contributed by atoms with Crippen molar-refractivity contribution in [3.63, 3.8) is 0 Å². The number of hydrogen-bond acceptors (Lipinski definition) is 5. The number of thiazole rings is 1. The van der Waals surface area contributed by atoms with E-state index >= 15 is 0 Å². The highest BCUT2D eigenvalue weighted by molar-refractivity contribution is 7.17. The smallest absolute Gasteiger partial charge is 0.183 e. The Morgan fingerprint density at radius 3 is 2.71 bits per heavy atom. The maximum absolute atomic E-state index is 10.7. The van der Waals surface area contributed by atoms with Gasteiger partial charge in [-0.25, -0.2) is 4.98 Å². The highest BCUT2D eigenvalue weighted by atomic mass is 32.1. The zero-order chi connectivity index (χ0) is 12.3. The molecule has 17 heavy (non-hydrogen) atoms. The molecule has 5 heteroatoms. The molecule has 0 unspecified atom stereocenters. The van der Waals surface area contributed by atoms with Crippen LogP contribution in [-0.2, 0) is 6.54 Å². The number of aryl methyl sites for hydroxylation is 1. The Labute approximate surface area is 103 Å². The van der Waals surface area contributed by atoms with Crippen molar-refractivity contribution >= 4 is 22.4 Å². The maximum Gasteiger partial charge on any atom is 0.183 e. The quantitative estimate of drug-likeness (QED) is 0.887. The zero-order valence-corrected chi connectivity index (χ0v) is 10.1. The van der Waals surface area contributed by atoms with E-state index in [9.17, 15) is 9.90 Å². The van der Waals surface area contributed by atoms with Gasteiger partial charge >= 0.3 is 0 Å². The van der Waals surface area contributed by atoms with Crippen molar-refractivity contribution in [3.8, 4) is 0 Å². The van der Waals surface area contributed by atoms with Crippen LogP contribution in [0.5, 0.6) is 0 Å². The summed E-state index contributed by atoms with van der Waals surface area (Å²) in [5.74, 6) is -1.17. The largest absolute Gasteiger partial charge is 0.544 e. The van der Waals surface area contributed by atoms with E-state index in [1.165, 1.54) is 0 Å². The van der Waals surface area contributed by atoms with E-state index in [2.05, 4.69) is 10.3 Å². The molecule has 0 aliphatic heterocycles. The van der Waals surface area contributed by atoms with Crippen molar-refractivity contribution in [3.05, 3.63) is 46.5 Å². The third kappa shape index (κ3) is 2.82. The molecule has 0 amide bonds. The molecule has 0 saturated heterocycles. The number of nitrogens with one attached hydrogen (secondary N) is 1. The van der Waals surface area contributed by atoms with Crippen LogP contribution in [0.1, 0.15) is 20.9 Å². The molecule has 1 aromatic carbocycles. The molecule has 0 atom stereocenters. The van der Waals surface area contributed by atoms with Gasteiger partial charge in [0.25, 0.3) is 0 Å². The van der Waals surface area contributed by atoms with Crippen LogP contribution in [0, 0.1) is 6.92 Å². The highest BCUT2D eigenvalue weighted by Gasteiger charge is 2.07. The van der Waals surface area contributed by atoms with Crippen LogP contribution < -0.4 is 10.4 Å². The van der Waals surface area contributed by atoms with Crippen LogP contribution in [0.3, 0.4) is 0 Å². The summed E-state index contributed by atoms with van der Waals surface area (Å²) in [7, 11) is 0. The molecule has 2 rings (SSSR count). The van der Waals surface area contributed by atoms with Gasteiger partial charge in [0.15, 0.2) is 5.13 Å². The Balaban J connectivity index is 2.05. The predicted molar refractivity (Wildman–Crippen MR) is 65.0 cm³/mol. The first kappa shape index (κ1) is 11.6. The molecule has 0 bridgehead atoms. The maximum atomic E-state index is 10.7. The topological polar surface area (TPSA) is 65.0 Å². The van der Waals surface area contributed by atoms with Gasteiger partial charge in [0.2, 0.25) is 0 Å². The molecular weight excluding hydrogens is 236 g/mol. The molecular formula is C12H11N2O2S-. The van der Waals surface area contributed by atoms with Gasteiger partial charge in [-0.2, -0.15) is 0 Å². The number of carbonyl (C=O) groups is 1. The van der Waals surface area contributed by atoms with Crippen molar-refractivity contribution in [2.75, 3.05) is 5.32 Å². The normalized spacial score (nSPS) is 10.2. The number of carboxylic acids is 1. The van der Waals surface area contributed by atoms with Crippen molar-refractivity contribution in [1.29, 1.82) is 0 Å². The fourth-order valence-electron chi connectivity index (χ4n) is 1.43. The Kier molecular flexibility index (Phi) is 3.39. The number of nitrogens with zero attached hydrogens (tertiary/aromatic N) is 1. The van der Waals surface area contributed by atoms with E-state index in [0.29, 0.717) is 17.4 Å². The number of carboxylic acid groups (broad SMARTS) is 1. The lowest BCUT2D eigenvalue weighted by Gasteiger charge is -2.01. The van der Waals surface area contributed by atoms with Gasteiger partial charge in [0.05, 0.1) is 16.5 Å². The van der Waals surface area contributed by atoms with E-state index in [4.69, 9.17) is 0 Å². The van der Waals surface area contributed by atoms with E-state index in [1.807, 2.05) is 30.3 Å². The molecule has 0 radical (unpaired) electrons. The molecule has 4 nitrogen and oxygen atoms in total. The van der Waals surface area contributed by atoms with Gasteiger partial charge in [-0.1, -0.05) is 41.7 Å². The second kappa shape index (κ2) is 4.97. The molecule has 0 fully saturated rings. The van der Waals surface area contributed by atoms with Crippen LogP contribution in [0.4, 0.5) is 5.13 Å². The number of rotatable bonds is 4. The van der Waals surface area contributed by atoms with Gasteiger partial charge in [-0.05, 0) is 12.5 Å². The van der Waals surface area contributed by atoms with Gasteiger partial charge in [0.1, 0.15) is 0 Å². The third-order valence-electron chi connectivity index (χ3n) is 2.27. The number of aromatic carboxylic acids is 1. The molecule has 0 spiro atoms. The van der Waals surface area contributed by atoms with Gasteiger partial charge in [-0.15, -0.1) is 0 Å². The van der Waals surface area contributed by atoms with Gasteiger partial charge < -0.3 is 15.2 Å². The second-order valence-electron chi connectivity index (χ2n) is 3.56. The van der Waals surface area contributed by atoms with Crippen LogP contribution in [0.25, 0.3) is 0 Å². The molecule has 1 heterocycles. The summed E-state index contributed by atoms with van der Waals surface area (Å²) in [6.45, 7) is 2.29. The number of anilines is 1. The summed E-state index contributed by atoms with van der Waals surface area (Å²) in [6, 6.07) is 9.85. The predicted octanol–water partition coefficient (Wildman–Crippen LogP) is 1.43. The molecule has 88 valence electrons. The van der Waals surface area contributed by atoms with Crippen molar-refractivity contribution in [2.24, 2.45) is 0 Å². The summed E-state index contributed by atoms with van der Waals surface area (Å²) in [6.07, 6.45) is 0. The Morgan fingerprint density at radius 1 is 1.41 bits per heavy atom. The third-order valence-corrected chi connectivity index (χ3v) is 3.36. The van der Waals surface area contributed by atoms with E-state index < -0.39 is 5.97 Å². The van der Waals surface area contributed by atoms with E-state index in [-0.39, 0.29) is 4.88 Å². The van der Waals surface area contributed by atoms with Crippen molar-refractivity contribution in [2.45, 2.75) is 13.5 Å². The lowest BCUT2D eigenvalue weighted by molar-refractivity contribution is -0.254. The molecule has 0 aliphatic carbocycles. The minimum atomic E-state index is -1.17. The zero-order valence-electron chi connectivity index (χ0n) is 9.27. The molecule has 1 N–H and O–H groups in total. The number of hydrogen-bond donors (Lipinski definition) is 1. The van der Waals surface area contributed by atoms with E-state index in [1.54, 1.807) is 6.92 Å². The first-order chi connectivity index (χ1) is 8.16. The second-order valence-corrected chi connectivity index (χ2v) is 4.56. The van der Waals surface area contributed by atoms with Crippen LogP contribution >= 0.6 is 11.3 Å². The minimum Gasteiger partial charge on any atom is -0.544 e. The Morgan fingerprint density at radius 2 is 2.12 bits per heavy atom. The van der Waals surface area contributed by atoms with Crippen LogP contribution in [-0.4, -0.2) is 11.0 Å². The van der Waals surface area contributed by atoms with Gasteiger partial charge in [0, 0.05) is 6.54 Å². The lowest BCUT2D eigenvalue weighted by Crippen LogP contribution is -2.21. The first-order valence-electron chi connectivity index (χ1n) is 5.13. The lowest BCUT2D eigenvalue weighted by atomic mass is 10.2. The number of aromatic nitrogens is 1. The summed E-state index contributed by atoms with van der Waals surface area (Å²) < 4.78 is 0. The summed E-state index contributed by atoms with van der Waals surface area (Å²) in [4.78, 5) is 15.1. The van der Waals surface area contributed by atoms with E-state index in [0.717, 1.165) is 16.9 Å².